The molecule has 2 aromatic rings. The van der Waals surface area contributed by atoms with E-state index in [2.05, 4.69) is 5.32 Å². The number of hydrogen-bond donors (Lipinski definition) is 1. The highest BCUT2D eigenvalue weighted by molar-refractivity contribution is 7.99. The largest absolute Gasteiger partial charge is 0.384 e. The van der Waals surface area contributed by atoms with E-state index in [0.29, 0.717) is 22.9 Å². The number of hydrogen-bond acceptors (Lipinski definition) is 3. The molecule has 0 aliphatic heterocycles. The van der Waals surface area contributed by atoms with Crippen LogP contribution in [0.15, 0.2) is 47.4 Å². The van der Waals surface area contributed by atoms with Gasteiger partial charge in [0.05, 0.1) is 5.56 Å². The molecular weight excluding hydrogens is 318 g/mol. The fourth-order valence-electron chi connectivity index (χ4n) is 1.96. The molecule has 0 saturated carbocycles. The first-order chi connectivity index (χ1) is 11.0. The van der Waals surface area contributed by atoms with Crippen molar-refractivity contribution < 1.29 is 13.6 Å². The van der Waals surface area contributed by atoms with Crippen LogP contribution in [-0.4, -0.2) is 37.2 Å². The lowest BCUT2D eigenvalue weighted by molar-refractivity contribution is 0.0823. The number of halogens is 2. The van der Waals surface area contributed by atoms with Crippen molar-refractivity contribution in [3.05, 3.63) is 59.7 Å². The minimum Gasteiger partial charge on any atom is -0.384 e. The number of thioether (sulfide) groups is 1. The van der Waals surface area contributed by atoms with Gasteiger partial charge < -0.3 is 10.2 Å². The second-order valence-electron chi connectivity index (χ2n) is 5.10. The molecule has 0 spiro atoms. The Morgan fingerprint density at radius 3 is 2.57 bits per heavy atom. The van der Waals surface area contributed by atoms with Gasteiger partial charge in [-0.2, -0.15) is 0 Å². The minimum absolute atomic E-state index is 0.0294. The Balaban J connectivity index is 1.92. The summed E-state index contributed by atoms with van der Waals surface area (Å²) in [5, 5.41) is 3.12. The van der Waals surface area contributed by atoms with E-state index in [4.69, 9.17) is 0 Å². The fourth-order valence-corrected chi connectivity index (χ4v) is 2.76. The average Bonchev–Trinajstić information content (AvgIpc) is 2.53. The van der Waals surface area contributed by atoms with Crippen molar-refractivity contribution in [3.8, 4) is 0 Å². The lowest BCUT2D eigenvalue weighted by atomic mass is 10.1. The molecule has 0 fully saturated rings. The van der Waals surface area contributed by atoms with Gasteiger partial charge >= 0.3 is 0 Å². The number of carbonyl (C=O) groups is 1. The maximum Gasteiger partial charge on any atom is 0.256 e. The third-order valence-corrected chi connectivity index (χ3v) is 4.18. The standard InChI is InChI=1S/C17H18F2N2OS/c1-21(2)17(22)13-11-12(7-8-14(13)18)20-9-10-23-16-6-4-3-5-15(16)19/h3-8,11,20H,9-10H2,1-2H3. The summed E-state index contributed by atoms with van der Waals surface area (Å²) >= 11 is 1.40. The molecule has 2 rings (SSSR count). The summed E-state index contributed by atoms with van der Waals surface area (Å²) in [6, 6.07) is 10.9. The van der Waals surface area contributed by atoms with Crippen LogP contribution in [0, 0.1) is 11.6 Å². The molecular formula is C17H18F2N2OS. The van der Waals surface area contributed by atoms with E-state index in [9.17, 15) is 13.6 Å². The van der Waals surface area contributed by atoms with Gasteiger partial charge in [-0.15, -0.1) is 11.8 Å². The van der Waals surface area contributed by atoms with Crippen LogP contribution in [0.4, 0.5) is 14.5 Å². The lowest BCUT2D eigenvalue weighted by Gasteiger charge is -2.13. The van der Waals surface area contributed by atoms with E-state index in [1.165, 1.54) is 34.9 Å². The van der Waals surface area contributed by atoms with Gasteiger partial charge in [0.1, 0.15) is 11.6 Å². The number of benzene rings is 2. The molecule has 3 nitrogen and oxygen atoms in total. The third-order valence-electron chi connectivity index (χ3n) is 3.13. The Bertz CT molecular complexity index is 692. The molecule has 6 heteroatoms. The van der Waals surface area contributed by atoms with E-state index in [0.717, 1.165) is 0 Å². The van der Waals surface area contributed by atoms with Crippen LogP contribution in [0.2, 0.25) is 0 Å². The van der Waals surface area contributed by atoms with Crippen molar-refractivity contribution in [1.82, 2.24) is 4.90 Å². The number of carbonyl (C=O) groups excluding carboxylic acids is 1. The van der Waals surface area contributed by atoms with Crippen LogP contribution < -0.4 is 5.32 Å². The number of amides is 1. The first-order valence-electron chi connectivity index (χ1n) is 7.11. The Morgan fingerprint density at radius 2 is 1.87 bits per heavy atom. The zero-order chi connectivity index (χ0) is 16.8. The van der Waals surface area contributed by atoms with Crippen LogP contribution >= 0.6 is 11.8 Å². The highest BCUT2D eigenvalue weighted by Crippen LogP contribution is 2.21. The molecule has 0 aliphatic carbocycles. The Hall–Kier alpha value is -2.08. The maximum atomic E-state index is 13.7. The average molecular weight is 336 g/mol. The van der Waals surface area contributed by atoms with Crippen LogP contribution in [0.3, 0.4) is 0 Å². The zero-order valence-electron chi connectivity index (χ0n) is 13.0. The second kappa shape index (κ2) is 7.97. The van der Waals surface area contributed by atoms with E-state index < -0.39 is 5.82 Å². The summed E-state index contributed by atoms with van der Waals surface area (Å²) in [4.78, 5) is 13.8. The van der Waals surface area contributed by atoms with Gasteiger partial charge in [0.25, 0.3) is 5.91 Å². The normalized spacial score (nSPS) is 10.4. The maximum absolute atomic E-state index is 13.7. The molecule has 0 heterocycles. The summed E-state index contributed by atoms with van der Waals surface area (Å²) in [5.74, 6) is -0.519. The van der Waals surface area contributed by atoms with Gasteiger partial charge in [0.2, 0.25) is 0 Å². The van der Waals surface area contributed by atoms with Crippen LogP contribution in [0.25, 0.3) is 0 Å². The number of nitrogens with one attached hydrogen (secondary N) is 1. The van der Waals surface area contributed by atoms with Crippen molar-refractivity contribution in [2.75, 3.05) is 31.7 Å². The number of nitrogens with zero attached hydrogens (tertiary/aromatic N) is 1. The Morgan fingerprint density at radius 1 is 1.13 bits per heavy atom. The van der Waals surface area contributed by atoms with E-state index in [-0.39, 0.29) is 17.3 Å². The van der Waals surface area contributed by atoms with Crippen LogP contribution in [0.5, 0.6) is 0 Å². The Kier molecular flexibility index (Phi) is 5.98. The van der Waals surface area contributed by atoms with E-state index in [1.807, 2.05) is 0 Å². The summed E-state index contributed by atoms with van der Waals surface area (Å²) in [6.07, 6.45) is 0. The summed E-state index contributed by atoms with van der Waals surface area (Å²) in [5.41, 5.74) is 0.687. The van der Waals surface area contributed by atoms with Crippen molar-refractivity contribution in [2.45, 2.75) is 4.90 Å². The van der Waals surface area contributed by atoms with Gasteiger partial charge in [-0.05, 0) is 30.3 Å². The summed E-state index contributed by atoms with van der Waals surface area (Å²) < 4.78 is 27.2. The van der Waals surface area contributed by atoms with Gasteiger partial charge in [-0.3, -0.25) is 4.79 Å². The van der Waals surface area contributed by atoms with Crippen molar-refractivity contribution in [3.63, 3.8) is 0 Å². The van der Waals surface area contributed by atoms with Gasteiger partial charge in [0, 0.05) is 37.0 Å². The molecule has 0 radical (unpaired) electrons. The lowest BCUT2D eigenvalue weighted by Crippen LogP contribution is -2.23. The van der Waals surface area contributed by atoms with E-state index >= 15 is 0 Å². The predicted octanol–water partition coefficient (Wildman–Crippen LogP) is 3.87. The smallest absolute Gasteiger partial charge is 0.256 e. The van der Waals surface area contributed by atoms with Gasteiger partial charge in [0.15, 0.2) is 0 Å². The SMILES string of the molecule is CN(C)C(=O)c1cc(NCCSc2ccccc2F)ccc1F. The second-order valence-corrected chi connectivity index (χ2v) is 6.24. The van der Waals surface area contributed by atoms with Crippen molar-refractivity contribution in [1.29, 1.82) is 0 Å². The third kappa shape index (κ3) is 4.69. The molecule has 1 amide bonds. The summed E-state index contributed by atoms with van der Waals surface area (Å²) in [6.45, 7) is 0.570. The monoisotopic (exact) mass is 336 g/mol. The quantitative estimate of drug-likeness (QED) is 0.642. The van der Waals surface area contributed by atoms with Gasteiger partial charge in [-0.1, -0.05) is 12.1 Å². The first kappa shape index (κ1) is 17.3. The fraction of sp³-hybridized carbons (Fsp3) is 0.235. The van der Waals surface area contributed by atoms with Gasteiger partial charge in [-0.25, -0.2) is 8.78 Å². The van der Waals surface area contributed by atoms with Crippen molar-refractivity contribution in [2.24, 2.45) is 0 Å². The molecule has 0 aromatic heterocycles. The minimum atomic E-state index is -0.546. The van der Waals surface area contributed by atoms with Crippen LogP contribution in [-0.2, 0) is 0 Å². The topological polar surface area (TPSA) is 32.3 Å². The molecule has 23 heavy (non-hydrogen) atoms. The molecule has 0 atom stereocenters. The van der Waals surface area contributed by atoms with E-state index in [1.54, 1.807) is 38.4 Å². The highest BCUT2D eigenvalue weighted by atomic mass is 32.2. The molecule has 0 saturated heterocycles. The predicted molar refractivity (Wildman–Crippen MR) is 90.0 cm³/mol. The molecule has 0 aliphatic rings. The molecule has 122 valence electrons. The zero-order valence-corrected chi connectivity index (χ0v) is 13.8. The molecule has 1 N–H and O–H groups in total. The highest BCUT2D eigenvalue weighted by Gasteiger charge is 2.14. The van der Waals surface area contributed by atoms with Crippen LogP contribution in [0.1, 0.15) is 10.4 Å². The summed E-state index contributed by atoms with van der Waals surface area (Å²) in [7, 11) is 3.15. The van der Waals surface area contributed by atoms with Crippen molar-refractivity contribution >= 4 is 23.4 Å². The number of rotatable bonds is 6. The Labute approximate surface area is 138 Å². The molecule has 0 unspecified atom stereocenters. The molecule has 0 bridgehead atoms. The first-order valence-corrected chi connectivity index (χ1v) is 8.10. The number of anilines is 1. The molecule has 2 aromatic carbocycles.